The van der Waals surface area contributed by atoms with Crippen LogP contribution in [0.25, 0.3) is 22.3 Å². The Labute approximate surface area is 248 Å². The average Bonchev–Trinajstić information content (AvgIpc) is 3.63. The number of nitrogens with zero attached hydrogens (tertiary/aromatic N) is 7. The van der Waals surface area contributed by atoms with Crippen LogP contribution in [0, 0.1) is 5.92 Å². The van der Waals surface area contributed by atoms with Crippen molar-refractivity contribution in [1.82, 2.24) is 39.0 Å². The Bertz CT molecular complexity index is 1770. The average molecular weight is 658 g/mol. The van der Waals surface area contributed by atoms with Crippen molar-refractivity contribution in [2.75, 3.05) is 18.5 Å². The second-order valence-corrected chi connectivity index (χ2v) is 13.4. The summed E-state index contributed by atoms with van der Waals surface area (Å²) in [5.74, 6) is -0.555. The molecule has 2 unspecified atom stereocenters. The number of carbonyl (C=O) groups excluding carboxylic acids is 1. The number of aromatic nitrogens is 8. The van der Waals surface area contributed by atoms with E-state index in [9.17, 15) is 14.5 Å². The first-order valence-electron chi connectivity index (χ1n) is 13.0. The minimum absolute atomic E-state index is 0.0308. The topological polar surface area (TPSA) is 203 Å². The minimum Gasteiger partial charge on any atom is -0.346 e. The van der Waals surface area contributed by atoms with Gasteiger partial charge in [-0.3, -0.25) is 29.0 Å². The maximum atomic E-state index is 15.9. The molecule has 3 N–H and O–H groups in total. The van der Waals surface area contributed by atoms with Crippen LogP contribution < -0.4 is 10.9 Å². The van der Waals surface area contributed by atoms with Gasteiger partial charge < -0.3 is 27.8 Å². The SMILES string of the molecule is CC(C)C(=O)Nc1nc2c(ncn2[C@@H]2O[C@@H]3COPOCCn4c(nc5cncnc54)COP(O)(=S)O[C@@H]2[C@@H]3F)c(=O)[nH]1. The lowest BCUT2D eigenvalue weighted by atomic mass is 10.1. The van der Waals surface area contributed by atoms with Crippen molar-refractivity contribution in [3.8, 4) is 0 Å². The number of rotatable bonds is 3. The number of imidazole rings is 2. The fourth-order valence-electron chi connectivity index (χ4n) is 4.53. The molecule has 21 heteroatoms. The molecule has 2 aliphatic heterocycles. The summed E-state index contributed by atoms with van der Waals surface area (Å²) in [5, 5.41) is 2.52. The Morgan fingerprint density at radius 2 is 2.14 bits per heavy atom. The Balaban J connectivity index is 1.33. The zero-order chi connectivity index (χ0) is 30.3. The van der Waals surface area contributed by atoms with E-state index in [1.54, 1.807) is 18.4 Å². The van der Waals surface area contributed by atoms with Gasteiger partial charge in [-0.15, -0.1) is 0 Å². The summed E-state index contributed by atoms with van der Waals surface area (Å²) in [6, 6.07) is 0. The van der Waals surface area contributed by atoms with E-state index in [4.69, 9.17) is 34.6 Å². The van der Waals surface area contributed by atoms with E-state index >= 15 is 4.39 Å². The summed E-state index contributed by atoms with van der Waals surface area (Å²) in [7, 11) is -0.443. The zero-order valence-electron chi connectivity index (χ0n) is 22.6. The van der Waals surface area contributed by atoms with Gasteiger partial charge >= 0.3 is 6.72 Å². The number of ether oxygens (including phenoxy) is 1. The van der Waals surface area contributed by atoms with E-state index in [0.717, 1.165) is 0 Å². The highest BCUT2D eigenvalue weighted by molar-refractivity contribution is 8.07. The summed E-state index contributed by atoms with van der Waals surface area (Å²) in [4.78, 5) is 59.5. The lowest BCUT2D eigenvalue weighted by Crippen LogP contribution is -2.32. The molecule has 1 fully saturated rings. The Morgan fingerprint density at radius 1 is 1.30 bits per heavy atom. The molecule has 1 amide bonds. The summed E-state index contributed by atoms with van der Waals surface area (Å²) >= 11 is 5.27. The summed E-state index contributed by atoms with van der Waals surface area (Å²) in [6.45, 7) is -0.764. The number of H-pyrrole nitrogens is 1. The second kappa shape index (κ2) is 12.3. The van der Waals surface area contributed by atoms with Crippen molar-refractivity contribution in [3.05, 3.63) is 35.0 Å². The van der Waals surface area contributed by atoms with Crippen LogP contribution in [0.1, 0.15) is 25.9 Å². The number of halogens is 1. The number of aromatic amines is 1. The van der Waals surface area contributed by atoms with Crippen LogP contribution in [0.4, 0.5) is 10.3 Å². The van der Waals surface area contributed by atoms with Gasteiger partial charge in [0.15, 0.2) is 38.2 Å². The molecule has 17 nitrogen and oxygen atoms in total. The van der Waals surface area contributed by atoms with Crippen LogP contribution in [-0.4, -0.2) is 81.4 Å². The van der Waals surface area contributed by atoms with Gasteiger partial charge in [-0.2, -0.15) is 4.98 Å². The number of amides is 1. The molecule has 1 saturated heterocycles. The molecule has 0 radical (unpaired) electrons. The van der Waals surface area contributed by atoms with E-state index in [1.165, 1.54) is 23.4 Å². The standard InChI is InChI=1S/C22H26FN9O8P2S/c1-10(2)19(33)29-22-28-18-15(20(34)30-22)26-9-32(18)21-16-14(23)12(39-21)6-37-41-36-4-3-31-13(7-38-42(35,43)40-16)27-11-5-24-8-25-17(11)31/h5,8-10,12,14,16,21,41H,3-4,6-7H2,1-2H3,(H,35,43)(H2,28,29,30,33,34)/t12-,14-,16-,21-,42?/m1/s1. The highest BCUT2D eigenvalue weighted by Crippen LogP contribution is 2.51. The molecule has 6 rings (SSSR count). The first kappa shape index (κ1) is 30.2. The van der Waals surface area contributed by atoms with E-state index in [2.05, 4.69) is 35.2 Å². The first-order valence-corrected chi connectivity index (χ1v) is 16.4. The highest BCUT2D eigenvalue weighted by Gasteiger charge is 2.50. The molecule has 0 aliphatic carbocycles. The van der Waals surface area contributed by atoms with Crippen molar-refractivity contribution in [1.29, 1.82) is 0 Å². The van der Waals surface area contributed by atoms with Gasteiger partial charge in [0.1, 0.15) is 36.5 Å². The lowest BCUT2D eigenvalue weighted by molar-refractivity contribution is -0.118. The fourth-order valence-corrected chi connectivity index (χ4v) is 6.34. The smallest absolute Gasteiger partial charge is 0.325 e. The van der Waals surface area contributed by atoms with Crippen molar-refractivity contribution < 1.29 is 36.9 Å². The maximum Gasteiger partial charge on any atom is 0.325 e. The molecule has 230 valence electrons. The van der Waals surface area contributed by atoms with Crippen LogP contribution in [0.15, 0.2) is 23.6 Å². The van der Waals surface area contributed by atoms with Crippen LogP contribution in [0.2, 0.25) is 0 Å². The number of alkyl halides is 1. The molecule has 43 heavy (non-hydrogen) atoms. The Morgan fingerprint density at radius 3 is 2.95 bits per heavy atom. The predicted molar refractivity (Wildman–Crippen MR) is 152 cm³/mol. The molecular formula is C22H26FN9O8P2S. The van der Waals surface area contributed by atoms with Crippen LogP contribution in [-0.2, 0) is 52.6 Å². The molecule has 4 aromatic heterocycles. The molecule has 6 heterocycles. The third-order valence-corrected chi connectivity index (χ3v) is 8.77. The number of fused-ring (bicyclic) bond motifs is 6. The molecule has 6 atom stereocenters. The second-order valence-electron chi connectivity index (χ2n) is 9.86. The molecule has 0 saturated carbocycles. The van der Waals surface area contributed by atoms with Crippen LogP contribution in [0.3, 0.4) is 0 Å². The normalized spacial score (nSPS) is 27.7. The van der Waals surface area contributed by atoms with Gasteiger partial charge in [0.2, 0.25) is 11.9 Å². The number of nitrogens with one attached hydrogen (secondary N) is 2. The van der Waals surface area contributed by atoms with Crippen LogP contribution >= 0.6 is 15.8 Å². The molecular weight excluding hydrogens is 631 g/mol. The monoisotopic (exact) mass is 657 g/mol. The third kappa shape index (κ3) is 6.22. The van der Waals surface area contributed by atoms with Gasteiger partial charge in [-0.05, 0) is 11.8 Å². The number of hydrogen-bond acceptors (Lipinski definition) is 13. The molecule has 0 spiro atoms. The highest BCUT2D eigenvalue weighted by atomic mass is 32.5. The van der Waals surface area contributed by atoms with Crippen molar-refractivity contribution in [3.63, 3.8) is 0 Å². The van der Waals surface area contributed by atoms with Gasteiger partial charge in [-0.1, -0.05) is 13.8 Å². The van der Waals surface area contributed by atoms with E-state index < -0.39 is 51.8 Å². The number of anilines is 1. The van der Waals surface area contributed by atoms with E-state index in [-0.39, 0.29) is 42.8 Å². The molecule has 0 aromatic carbocycles. The summed E-state index contributed by atoms with van der Waals surface area (Å²) in [5.41, 5.74) is 0.233. The maximum absolute atomic E-state index is 15.9. The van der Waals surface area contributed by atoms with Gasteiger partial charge in [0.05, 0.1) is 25.7 Å². The van der Waals surface area contributed by atoms with Crippen molar-refractivity contribution in [2.45, 2.75) is 51.6 Å². The zero-order valence-corrected chi connectivity index (χ0v) is 25.3. The Kier molecular flexibility index (Phi) is 8.61. The van der Waals surface area contributed by atoms with Gasteiger partial charge in [-0.25, -0.2) is 24.3 Å². The number of carbonyl (C=O) groups is 1. The summed E-state index contributed by atoms with van der Waals surface area (Å²) in [6.07, 6.45) is -1.77. The largest absolute Gasteiger partial charge is 0.346 e. The molecule has 2 aliphatic rings. The quantitative estimate of drug-likeness (QED) is 0.267. The predicted octanol–water partition coefficient (Wildman–Crippen LogP) is 1.46. The van der Waals surface area contributed by atoms with Crippen molar-refractivity contribution >= 4 is 61.7 Å². The molecule has 2 bridgehead atoms. The lowest BCUT2D eigenvalue weighted by Gasteiger charge is -2.25. The first-order chi connectivity index (χ1) is 20.6. The Hall–Kier alpha value is -2.86. The fraction of sp³-hybridized carbons (Fsp3) is 0.500. The van der Waals surface area contributed by atoms with Crippen molar-refractivity contribution in [2.24, 2.45) is 5.92 Å². The van der Waals surface area contributed by atoms with Gasteiger partial charge in [0.25, 0.3) is 5.56 Å². The minimum atomic E-state index is -4.13. The number of hydrogen-bond donors (Lipinski definition) is 3. The van der Waals surface area contributed by atoms with E-state index in [1.807, 2.05) is 0 Å². The van der Waals surface area contributed by atoms with Crippen LogP contribution in [0.5, 0.6) is 0 Å². The third-order valence-electron chi connectivity index (χ3n) is 6.62. The summed E-state index contributed by atoms with van der Waals surface area (Å²) < 4.78 is 47.3. The molecule has 4 aromatic rings. The van der Waals surface area contributed by atoms with Gasteiger partial charge in [0, 0.05) is 12.5 Å². The van der Waals surface area contributed by atoms with E-state index in [0.29, 0.717) is 23.5 Å².